The molecule has 2 aromatic rings. The Hall–Kier alpha value is -3.22. The second kappa shape index (κ2) is 9.32. The van der Waals surface area contributed by atoms with Gasteiger partial charge in [0.1, 0.15) is 0 Å². The number of carbonyl (C=O) groups excluding carboxylic acids is 3. The third kappa shape index (κ3) is 4.80. The predicted molar refractivity (Wildman–Crippen MR) is 109 cm³/mol. The molecular formula is C22H25N3O4. The summed E-state index contributed by atoms with van der Waals surface area (Å²) in [6.07, 6.45) is 6.96. The summed E-state index contributed by atoms with van der Waals surface area (Å²) in [6.45, 7) is 2.81. The molecule has 0 spiro atoms. The number of esters is 1. The van der Waals surface area contributed by atoms with Gasteiger partial charge in [-0.25, -0.2) is 4.79 Å². The number of hydrogen-bond acceptors (Lipinski definition) is 5. The molecule has 0 bridgehead atoms. The van der Waals surface area contributed by atoms with E-state index < -0.39 is 11.9 Å². The Morgan fingerprint density at radius 3 is 2.69 bits per heavy atom. The first-order valence-electron chi connectivity index (χ1n) is 9.79. The van der Waals surface area contributed by atoms with Crippen LogP contribution in [0.4, 0.5) is 5.69 Å². The van der Waals surface area contributed by atoms with Gasteiger partial charge in [0.15, 0.2) is 0 Å². The molecule has 7 nitrogen and oxygen atoms in total. The van der Waals surface area contributed by atoms with Gasteiger partial charge in [-0.15, -0.1) is 0 Å². The highest BCUT2D eigenvalue weighted by Gasteiger charge is 2.26. The van der Waals surface area contributed by atoms with Gasteiger partial charge in [-0.05, 0) is 49.9 Å². The zero-order valence-electron chi connectivity index (χ0n) is 16.7. The van der Waals surface area contributed by atoms with Crippen LogP contribution in [0, 0.1) is 0 Å². The van der Waals surface area contributed by atoms with Crippen molar-refractivity contribution in [3.63, 3.8) is 0 Å². The minimum Gasteiger partial charge on any atom is -0.465 e. The largest absolute Gasteiger partial charge is 0.465 e. The fourth-order valence-corrected chi connectivity index (χ4v) is 3.58. The number of piperidine rings is 1. The monoisotopic (exact) mass is 395 g/mol. The van der Waals surface area contributed by atoms with Crippen molar-refractivity contribution in [2.24, 2.45) is 0 Å². The SMILES string of the molecule is CCC1CCCCN1C(=O)c1cncc(C(=O)Nc2cccc(C(=O)OC)c2)c1. The summed E-state index contributed by atoms with van der Waals surface area (Å²) in [6, 6.07) is 8.26. The molecule has 1 unspecified atom stereocenters. The zero-order valence-corrected chi connectivity index (χ0v) is 16.7. The molecule has 0 radical (unpaired) electrons. The first-order chi connectivity index (χ1) is 14.0. The molecule has 1 fully saturated rings. The van der Waals surface area contributed by atoms with Crippen LogP contribution < -0.4 is 5.32 Å². The third-order valence-corrected chi connectivity index (χ3v) is 5.15. The Balaban J connectivity index is 1.76. The van der Waals surface area contributed by atoms with E-state index >= 15 is 0 Å². The maximum Gasteiger partial charge on any atom is 0.337 e. The van der Waals surface area contributed by atoms with Crippen LogP contribution in [0.3, 0.4) is 0 Å². The normalized spacial score (nSPS) is 16.2. The number of aromatic nitrogens is 1. The highest BCUT2D eigenvalue weighted by atomic mass is 16.5. The van der Waals surface area contributed by atoms with Crippen molar-refractivity contribution in [3.8, 4) is 0 Å². The fraction of sp³-hybridized carbons (Fsp3) is 0.364. The van der Waals surface area contributed by atoms with Gasteiger partial charge >= 0.3 is 5.97 Å². The van der Waals surface area contributed by atoms with Gasteiger partial charge in [0.25, 0.3) is 11.8 Å². The van der Waals surface area contributed by atoms with Crippen molar-refractivity contribution in [1.29, 1.82) is 0 Å². The minimum atomic E-state index is -0.484. The van der Waals surface area contributed by atoms with E-state index in [1.54, 1.807) is 24.3 Å². The molecule has 1 N–H and O–H groups in total. The molecular weight excluding hydrogens is 370 g/mol. The molecule has 3 rings (SSSR count). The van der Waals surface area contributed by atoms with E-state index in [1.807, 2.05) is 4.90 Å². The molecule has 0 saturated carbocycles. The van der Waals surface area contributed by atoms with E-state index in [9.17, 15) is 14.4 Å². The topological polar surface area (TPSA) is 88.6 Å². The lowest BCUT2D eigenvalue weighted by Gasteiger charge is -2.35. The minimum absolute atomic E-state index is 0.0913. The summed E-state index contributed by atoms with van der Waals surface area (Å²) in [5.74, 6) is -0.978. The van der Waals surface area contributed by atoms with Crippen LogP contribution in [0.1, 0.15) is 63.7 Å². The maximum atomic E-state index is 13.0. The van der Waals surface area contributed by atoms with E-state index in [4.69, 9.17) is 4.74 Å². The second-order valence-corrected chi connectivity index (χ2v) is 7.05. The predicted octanol–water partition coefficient (Wildman–Crippen LogP) is 3.53. The van der Waals surface area contributed by atoms with Gasteiger partial charge in [-0.2, -0.15) is 0 Å². The van der Waals surface area contributed by atoms with E-state index in [2.05, 4.69) is 17.2 Å². The Labute approximate surface area is 170 Å². The number of ether oxygens (including phenoxy) is 1. The number of nitrogens with one attached hydrogen (secondary N) is 1. The smallest absolute Gasteiger partial charge is 0.337 e. The second-order valence-electron chi connectivity index (χ2n) is 7.05. The molecule has 1 aromatic carbocycles. The standard InChI is InChI=1S/C22H25N3O4/c1-3-19-9-4-5-10-25(19)21(27)17-11-16(13-23-14-17)20(26)24-18-8-6-7-15(12-18)22(28)29-2/h6-8,11-14,19H,3-5,9-10H2,1-2H3,(H,24,26). The van der Waals surface area contributed by atoms with E-state index in [0.717, 1.165) is 32.2 Å². The number of anilines is 1. The van der Waals surface area contributed by atoms with Gasteiger partial charge in [0.05, 0.1) is 23.8 Å². The van der Waals surface area contributed by atoms with Crippen LogP contribution in [0.15, 0.2) is 42.7 Å². The molecule has 0 aliphatic carbocycles. The Morgan fingerprint density at radius 2 is 1.93 bits per heavy atom. The first kappa shape index (κ1) is 20.5. The van der Waals surface area contributed by atoms with Gasteiger partial charge in [0.2, 0.25) is 0 Å². The van der Waals surface area contributed by atoms with Gasteiger partial charge in [0, 0.05) is 30.7 Å². The number of benzene rings is 1. The fourth-order valence-electron chi connectivity index (χ4n) is 3.58. The molecule has 152 valence electrons. The Kier molecular flexibility index (Phi) is 6.59. The van der Waals surface area contributed by atoms with Gasteiger partial charge in [-0.3, -0.25) is 14.6 Å². The van der Waals surface area contributed by atoms with E-state index in [-0.39, 0.29) is 17.5 Å². The van der Waals surface area contributed by atoms with Crippen molar-refractivity contribution in [3.05, 3.63) is 59.4 Å². The Morgan fingerprint density at radius 1 is 1.14 bits per heavy atom. The van der Waals surface area contributed by atoms with Crippen molar-refractivity contribution in [1.82, 2.24) is 9.88 Å². The van der Waals surface area contributed by atoms with Gasteiger partial charge in [-0.1, -0.05) is 13.0 Å². The number of amides is 2. The lowest BCUT2D eigenvalue weighted by molar-refractivity contribution is 0.0595. The molecule has 2 amide bonds. The van der Waals surface area contributed by atoms with Crippen molar-refractivity contribution < 1.29 is 19.1 Å². The molecule has 1 aliphatic heterocycles. The zero-order chi connectivity index (χ0) is 20.8. The molecule has 7 heteroatoms. The molecule has 2 heterocycles. The summed E-state index contributed by atoms with van der Waals surface area (Å²) in [5, 5.41) is 2.73. The lowest BCUT2D eigenvalue weighted by Crippen LogP contribution is -2.43. The molecule has 29 heavy (non-hydrogen) atoms. The van der Waals surface area contributed by atoms with Crippen LogP contribution in [-0.4, -0.2) is 47.4 Å². The van der Waals surface area contributed by atoms with E-state index in [1.165, 1.54) is 25.6 Å². The summed E-state index contributed by atoms with van der Waals surface area (Å²) in [5.41, 5.74) is 1.48. The molecule has 1 aromatic heterocycles. The number of likely N-dealkylation sites (tertiary alicyclic amines) is 1. The number of hydrogen-bond donors (Lipinski definition) is 1. The Bertz CT molecular complexity index is 912. The molecule has 1 aliphatic rings. The average Bonchev–Trinajstić information content (AvgIpc) is 2.78. The average molecular weight is 395 g/mol. The van der Waals surface area contributed by atoms with E-state index in [0.29, 0.717) is 16.8 Å². The van der Waals surface area contributed by atoms with Crippen LogP contribution >= 0.6 is 0 Å². The molecule has 1 atom stereocenters. The highest BCUT2D eigenvalue weighted by Crippen LogP contribution is 2.22. The van der Waals surface area contributed by atoms with Crippen molar-refractivity contribution >= 4 is 23.5 Å². The number of carbonyl (C=O) groups is 3. The van der Waals surface area contributed by atoms with Crippen LogP contribution in [-0.2, 0) is 4.74 Å². The van der Waals surface area contributed by atoms with Gasteiger partial charge < -0.3 is 15.0 Å². The summed E-state index contributed by atoms with van der Waals surface area (Å²) < 4.78 is 4.69. The quantitative estimate of drug-likeness (QED) is 0.783. The third-order valence-electron chi connectivity index (χ3n) is 5.15. The van der Waals surface area contributed by atoms with Crippen molar-refractivity contribution in [2.75, 3.05) is 19.0 Å². The summed E-state index contributed by atoms with van der Waals surface area (Å²) in [4.78, 5) is 43.2. The molecule has 1 saturated heterocycles. The summed E-state index contributed by atoms with van der Waals surface area (Å²) >= 11 is 0. The first-order valence-corrected chi connectivity index (χ1v) is 9.79. The van der Waals surface area contributed by atoms with Crippen LogP contribution in [0.2, 0.25) is 0 Å². The van der Waals surface area contributed by atoms with Crippen molar-refractivity contribution in [2.45, 2.75) is 38.6 Å². The van der Waals surface area contributed by atoms with Crippen LogP contribution in [0.5, 0.6) is 0 Å². The van der Waals surface area contributed by atoms with Crippen LogP contribution in [0.25, 0.3) is 0 Å². The summed E-state index contributed by atoms with van der Waals surface area (Å²) in [7, 11) is 1.30. The highest BCUT2D eigenvalue weighted by molar-refractivity contribution is 6.06. The number of rotatable bonds is 5. The number of methoxy groups -OCH3 is 1. The number of nitrogens with zero attached hydrogens (tertiary/aromatic N) is 2. The lowest BCUT2D eigenvalue weighted by atomic mass is 9.99. The number of pyridine rings is 1. The maximum absolute atomic E-state index is 13.0.